The van der Waals surface area contributed by atoms with Crippen molar-refractivity contribution in [1.82, 2.24) is 9.88 Å². The normalized spacial score (nSPS) is 17.4. The fourth-order valence-electron chi connectivity index (χ4n) is 3.49. The van der Waals surface area contributed by atoms with Gasteiger partial charge in [-0.25, -0.2) is 9.78 Å². The van der Waals surface area contributed by atoms with Crippen molar-refractivity contribution in [1.29, 1.82) is 0 Å². The zero-order valence-electron chi connectivity index (χ0n) is 14.1. The summed E-state index contributed by atoms with van der Waals surface area (Å²) in [4.78, 5) is 30.9. The van der Waals surface area contributed by atoms with Crippen molar-refractivity contribution in [3.63, 3.8) is 0 Å². The summed E-state index contributed by atoms with van der Waals surface area (Å²) in [6, 6.07) is 11.8. The third-order valence-electron chi connectivity index (χ3n) is 4.77. The lowest BCUT2D eigenvalue weighted by atomic mass is 9.99. The van der Waals surface area contributed by atoms with Gasteiger partial charge in [0.1, 0.15) is 11.7 Å². The molecule has 1 atom stereocenters. The van der Waals surface area contributed by atoms with Gasteiger partial charge >= 0.3 is 5.97 Å². The maximum atomic E-state index is 13.3. The van der Waals surface area contributed by atoms with Gasteiger partial charge in [-0.3, -0.25) is 4.79 Å². The molecule has 0 radical (unpaired) electrons. The molecule has 0 bridgehead atoms. The Morgan fingerprint density at radius 3 is 2.77 bits per heavy atom. The van der Waals surface area contributed by atoms with Gasteiger partial charge in [0.2, 0.25) is 0 Å². The molecule has 0 saturated carbocycles. The molecule has 6 heteroatoms. The highest BCUT2D eigenvalue weighted by atomic mass is 16.4. The summed E-state index contributed by atoms with van der Waals surface area (Å²) >= 11 is 0. The van der Waals surface area contributed by atoms with Crippen molar-refractivity contribution in [3.05, 3.63) is 54.3 Å². The number of carboxylic acid groups (broad SMARTS) is 1. The fraction of sp³-hybridized carbons (Fsp3) is 0.250. The lowest BCUT2D eigenvalue weighted by Gasteiger charge is -2.33. The molecular weight excluding hydrogens is 332 g/mol. The van der Waals surface area contributed by atoms with Gasteiger partial charge in [-0.05, 0) is 43.5 Å². The van der Waals surface area contributed by atoms with E-state index in [0.29, 0.717) is 40.9 Å². The molecule has 3 heterocycles. The number of furan rings is 1. The van der Waals surface area contributed by atoms with Crippen molar-refractivity contribution in [2.75, 3.05) is 6.54 Å². The Bertz CT molecular complexity index is 965. The van der Waals surface area contributed by atoms with Gasteiger partial charge in [0.05, 0.1) is 17.3 Å². The lowest BCUT2D eigenvalue weighted by molar-refractivity contribution is -0.143. The Labute approximate surface area is 150 Å². The fourth-order valence-corrected chi connectivity index (χ4v) is 3.49. The summed E-state index contributed by atoms with van der Waals surface area (Å²) in [7, 11) is 0. The van der Waals surface area contributed by atoms with Crippen LogP contribution in [-0.4, -0.2) is 39.5 Å². The van der Waals surface area contributed by atoms with E-state index in [1.54, 1.807) is 24.5 Å². The standard InChI is InChI=1S/C20H18N2O4/c23-19(22-10-4-3-8-17(22)20(24)25)14-12-16(18-9-5-11-26-18)21-15-7-2-1-6-13(14)15/h1-2,5-7,9,11-12,17H,3-4,8,10H2,(H,24,25)/t17-/m1/s1. The van der Waals surface area contributed by atoms with E-state index in [4.69, 9.17) is 4.42 Å². The van der Waals surface area contributed by atoms with E-state index in [2.05, 4.69) is 4.98 Å². The number of likely N-dealkylation sites (tertiary alicyclic amines) is 1. The van der Waals surface area contributed by atoms with Crippen LogP contribution in [0.15, 0.2) is 53.1 Å². The molecule has 0 spiro atoms. The second-order valence-corrected chi connectivity index (χ2v) is 6.40. The second kappa shape index (κ2) is 6.63. The molecule has 3 aromatic rings. The van der Waals surface area contributed by atoms with E-state index in [9.17, 15) is 14.7 Å². The van der Waals surface area contributed by atoms with E-state index in [1.807, 2.05) is 24.3 Å². The minimum absolute atomic E-state index is 0.275. The number of carbonyl (C=O) groups is 2. The Hall–Kier alpha value is -3.15. The molecule has 0 aliphatic carbocycles. The van der Waals surface area contributed by atoms with Crippen LogP contribution in [0.3, 0.4) is 0 Å². The van der Waals surface area contributed by atoms with Gasteiger partial charge in [-0.1, -0.05) is 18.2 Å². The number of aliphatic carboxylic acids is 1. The summed E-state index contributed by atoms with van der Waals surface area (Å²) in [5.41, 5.74) is 1.68. The van der Waals surface area contributed by atoms with Crippen LogP contribution in [0.25, 0.3) is 22.4 Å². The Morgan fingerprint density at radius 1 is 1.15 bits per heavy atom. The highest BCUT2D eigenvalue weighted by molar-refractivity contribution is 6.08. The molecule has 2 aromatic heterocycles. The van der Waals surface area contributed by atoms with Crippen LogP contribution in [0.2, 0.25) is 0 Å². The third-order valence-corrected chi connectivity index (χ3v) is 4.77. The average Bonchev–Trinajstić information content (AvgIpc) is 3.21. The number of hydrogen-bond donors (Lipinski definition) is 1. The number of para-hydroxylation sites is 1. The van der Waals surface area contributed by atoms with Crippen LogP contribution in [0.5, 0.6) is 0 Å². The SMILES string of the molecule is O=C(O)[C@H]1CCCCN1C(=O)c1cc(-c2ccco2)nc2ccccc12. The smallest absolute Gasteiger partial charge is 0.326 e. The van der Waals surface area contributed by atoms with Crippen LogP contribution in [-0.2, 0) is 4.79 Å². The molecule has 1 aliphatic rings. The van der Waals surface area contributed by atoms with E-state index in [1.165, 1.54) is 4.90 Å². The first-order chi connectivity index (χ1) is 12.6. The highest BCUT2D eigenvalue weighted by Gasteiger charge is 2.33. The molecule has 1 saturated heterocycles. The highest BCUT2D eigenvalue weighted by Crippen LogP contribution is 2.28. The molecule has 0 unspecified atom stereocenters. The molecule has 1 aliphatic heterocycles. The van der Waals surface area contributed by atoms with E-state index < -0.39 is 12.0 Å². The zero-order chi connectivity index (χ0) is 18.1. The maximum Gasteiger partial charge on any atom is 0.326 e. The van der Waals surface area contributed by atoms with Crippen LogP contribution in [0.4, 0.5) is 0 Å². The van der Waals surface area contributed by atoms with Crippen LogP contribution < -0.4 is 0 Å². The number of carbonyl (C=O) groups excluding carboxylic acids is 1. The van der Waals surface area contributed by atoms with Gasteiger partial charge in [0.15, 0.2) is 5.76 Å². The number of aromatic nitrogens is 1. The van der Waals surface area contributed by atoms with Crippen molar-refractivity contribution < 1.29 is 19.1 Å². The number of hydrogen-bond acceptors (Lipinski definition) is 4. The lowest BCUT2D eigenvalue weighted by Crippen LogP contribution is -2.48. The monoisotopic (exact) mass is 350 g/mol. The van der Waals surface area contributed by atoms with Crippen molar-refractivity contribution >= 4 is 22.8 Å². The third kappa shape index (κ3) is 2.83. The second-order valence-electron chi connectivity index (χ2n) is 6.40. The van der Waals surface area contributed by atoms with Gasteiger partial charge in [0.25, 0.3) is 5.91 Å². The minimum atomic E-state index is -0.956. The van der Waals surface area contributed by atoms with Gasteiger partial charge in [-0.15, -0.1) is 0 Å². The van der Waals surface area contributed by atoms with Crippen LogP contribution in [0.1, 0.15) is 29.6 Å². The Morgan fingerprint density at radius 2 is 2.00 bits per heavy atom. The van der Waals surface area contributed by atoms with Gasteiger partial charge in [0, 0.05) is 11.9 Å². The first-order valence-electron chi connectivity index (χ1n) is 8.62. The predicted molar refractivity (Wildman–Crippen MR) is 95.8 cm³/mol. The number of carboxylic acids is 1. The molecule has 1 aromatic carbocycles. The number of piperidine rings is 1. The maximum absolute atomic E-state index is 13.3. The minimum Gasteiger partial charge on any atom is -0.480 e. The topological polar surface area (TPSA) is 83.6 Å². The Kier molecular flexibility index (Phi) is 4.16. The average molecular weight is 350 g/mol. The zero-order valence-corrected chi connectivity index (χ0v) is 14.1. The predicted octanol–water partition coefficient (Wildman–Crippen LogP) is 3.57. The van der Waals surface area contributed by atoms with Crippen molar-refractivity contribution in [2.45, 2.75) is 25.3 Å². The molecule has 6 nitrogen and oxygen atoms in total. The molecule has 4 rings (SSSR count). The first kappa shape index (κ1) is 16.3. The summed E-state index contributed by atoms with van der Waals surface area (Å²) in [6.07, 6.45) is 3.66. The molecule has 26 heavy (non-hydrogen) atoms. The summed E-state index contributed by atoms with van der Waals surface area (Å²) in [6.45, 7) is 0.447. The van der Waals surface area contributed by atoms with Crippen molar-refractivity contribution in [3.8, 4) is 11.5 Å². The van der Waals surface area contributed by atoms with Gasteiger partial charge in [-0.2, -0.15) is 0 Å². The summed E-state index contributed by atoms with van der Waals surface area (Å²) in [5.74, 6) is -0.663. The summed E-state index contributed by atoms with van der Waals surface area (Å²) in [5, 5.41) is 10.2. The first-order valence-corrected chi connectivity index (χ1v) is 8.62. The van der Waals surface area contributed by atoms with Crippen molar-refractivity contribution in [2.24, 2.45) is 0 Å². The van der Waals surface area contributed by atoms with E-state index in [0.717, 1.165) is 12.8 Å². The number of pyridine rings is 1. The molecule has 1 fully saturated rings. The van der Waals surface area contributed by atoms with E-state index in [-0.39, 0.29) is 5.91 Å². The van der Waals surface area contributed by atoms with Crippen LogP contribution in [0, 0.1) is 0 Å². The van der Waals surface area contributed by atoms with Crippen LogP contribution >= 0.6 is 0 Å². The van der Waals surface area contributed by atoms with E-state index >= 15 is 0 Å². The largest absolute Gasteiger partial charge is 0.480 e. The molecule has 1 N–H and O–H groups in total. The quantitative estimate of drug-likeness (QED) is 0.781. The number of fused-ring (bicyclic) bond motifs is 1. The number of rotatable bonds is 3. The molecule has 1 amide bonds. The number of amides is 1. The molecule has 132 valence electrons. The summed E-state index contributed by atoms with van der Waals surface area (Å²) < 4.78 is 5.43. The number of nitrogens with zero attached hydrogens (tertiary/aromatic N) is 2. The van der Waals surface area contributed by atoms with Gasteiger partial charge < -0.3 is 14.4 Å². The Balaban J connectivity index is 1.84. The number of benzene rings is 1. The molecular formula is C20H18N2O4.